The predicted octanol–water partition coefficient (Wildman–Crippen LogP) is 3.58. The molecule has 0 aromatic rings. The number of rotatable bonds is 5. The van der Waals surface area contributed by atoms with Gasteiger partial charge in [0.2, 0.25) is 5.91 Å². The van der Waals surface area contributed by atoms with Crippen LogP contribution < -0.4 is 5.32 Å². The molecule has 0 aromatic heterocycles. The number of nitrogens with zero attached hydrogens (tertiary/aromatic N) is 1. The van der Waals surface area contributed by atoms with E-state index in [-0.39, 0.29) is 0 Å². The quantitative estimate of drug-likeness (QED) is 0.840. The van der Waals surface area contributed by atoms with Crippen molar-refractivity contribution < 1.29 is 4.79 Å². The minimum atomic E-state index is 0.301. The van der Waals surface area contributed by atoms with Crippen LogP contribution in [0.1, 0.15) is 71.1 Å². The van der Waals surface area contributed by atoms with Gasteiger partial charge in [0.05, 0.1) is 6.54 Å². The molecule has 5 rings (SSSR count). The molecule has 0 heterocycles. The lowest BCUT2D eigenvalue weighted by atomic mass is 9.54. The Bertz CT molecular complexity index is 401. The number of carbonyl (C=O) groups excluding carboxylic acids is 1. The zero-order chi connectivity index (χ0) is 15.8. The van der Waals surface area contributed by atoms with Crippen LogP contribution in [0.15, 0.2) is 0 Å². The maximum atomic E-state index is 12.7. The summed E-state index contributed by atoms with van der Waals surface area (Å²) in [6.07, 6.45) is 13.7. The number of hydrogen-bond donors (Lipinski definition) is 1. The SMILES string of the molecule is CCN(CC(=O)NC1C2CC3CC(C2)CC1C3)C1CCCCC1. The van der Waals surface area contributed by atoms with Gasteiger partial charge in [0, 0.05) is 12.1 Å². The molecule has 23 heavy (non-hydrogen) atoms. The van der Waals surface area contributed by atoms with E-state index in [0.29, 0.717) is 24.5 Å². The number of nitrogens with one attached hydrogen (secondary N) is 1. The van der Waals surface area contributed by atoms with E-state index in [1.165, 1.54) is 64.2 Å². The number of likely N-dealkylation sites (N-methyl/N-ethyl adjacent to an activating group) is 1. The van der Waals surface area contributed by atoms with Crippen molar-refractivity contribution in [2.24, 2.45) is 23.7 Å². The van der Waals surface area contributed by atoms with Crippen molar-refractivity contribution in [2.45, 2.75) is 83.2 Å². The predicted molar refractivity (Wildman–Crippen MR) is 93.1 cm³/mol. The molecular weight excluding hydrogens is 284 g/mol. The minimum Gasteiger partial charge on any atom is -0.352 e. The molecule has 0 aliphatic heterocycles. The number of carbonyl (C=O) groups is 1. The molecule has 0 atom stereocenters. The highest BCUT2D eigenvalue weighted by atomic mass is 16.2. The maximum absolute atomic E-state index is 12.7. The van der Waals surface area contributed by atoms with Crippen molar-refractivity contribution in [3.05, 3.63) is 0 Å². The molecule has 0 aromatic carbocycles. The fourth-order valence-corrected chi connectivity index (χ4v) is 6.52. The fraction of sp³-hybridized carbons (Fsp3) is 0.950. The van der Waals surface area contributed by atoms with Gasteiger partial charge >= 0.3 is 0 Å². The molecule has 0 saturated heterocycles. The molecule has 5 saturated carbocycles. The smallest absolute Gasteiger partial charge is 0.234 e. The summed E-state index contributed by atoms with van der Waals surface area (Å²) < 4.78 is 0. The van der Waals surface area contributed by atoms with Gasteiger partial charge in [0.1, 0.15) is 0 Å². The Morgan fingerprint density at radius 3 is 2.13 bits per heavy atom. The van der Waals surface area contributed by atoms with Crippen LogP contribution in [-0.4, -0.2) is 36.0 Å². The molecule has 0 spiro atoms. The van der Waals surface area contributed by atoms with Crippen LogP contribution >= 0.6 is 0 Å². The third kappa shape index (κ3) is 3.31. The van der Waals surface area contributed by atoms with E-state index in [0.717, 1.165) is 30.2 Å². The molecular formula is C20H34N2O. The summed E-state index contributed by atoms with van der Waals surface area (Å²) in [7, 11) is 0. The van der Waals surface area contributed by atoms with Gasteiger partial charge in [-0.2, -0.15) is 0 Å². The first-order chi connectivity index (χ1) is 11.2. The summed E-state index contributed by atoms with van der Waals surface area (Å²) in [4.78, 5) is 15.1. The second-order valence-corrected chi connectivity index (χ2v) is 8.88. The van der Waals surface area contributed by atoms with Gasteiger partial charge in [-0.05, 0) is 75.2 Å². The molecule has 0 unspecified atom stereocenters. The largest absolute Gasteiger partial charge is 0.352 e. The van der Waals surface area contributed by atoms with Gasteiger partial charge < -0.3 is 5.32 Å². The van der Waals surface area contributed by atoms with Crippen molar-refractivity contribution in [3.63, 3.8) is 0 Å². The first-order valence-corrected chi connectivity index (χ1v) is 10.3. The lowest BCUT2D eigenvalue weighted by molar-refractivity contribution is -0.126. The Morgan fingerprint density at radius 1 is 0.957 bits per heavy atom. The van der Waals surface area contributed by atoms with E-state index in [1.54, 1.807) is 0 Å². The van der Waals surface area contributed by atoms with Crippen LogP contribution in [0, 0.1) is 23.7 Å². The number of amides is 1. The van der Waals surface area contributed by atoms with E-state index in [2.05, 4.69) is 17.1 Å². The standard InChI is InChI=1S/C20H34N2O/c1-2-22(18-6-4-3-5-7-18)13-19(23)21-20-16-9-14-8-15(11-16)12-17(20)10-14/h14-18,20H,2-13H2,1H3,(H,21,23). The zero-order valence-corrected chi connectivity index (χ0v) is 14.8. The fourth-order valence-electron chi connectivity index (χ4n) is 6.52. The number of hydrogen-bond acceptors (Lipinski definition) is 2. The Balaban J connectivity index is 1.32. The average Bonchev–Trinajstić information content (AvgIpc) is 2.56. The van der Waals surface area contributed by atoms with Crippen LogP contribution in [0.2, 0.25) is 0 Å². The molecule has 5 fully saturated rings. The summed E-state index contributed by atoms with van der Waals surface area (Å²) >= 11 is 0. The third-order valence-electron chi connectivity index (χ3n) is 7.40. The van der Waals surface area contributed by atoms with E-state index in [9.17, 15) is 4.79 Å². The molecule has 5 aliphatic rings. The summed E-state index contributed by atoms with van der Waals surface area (Å²) in [5.74, 6) is 3.86. The molecule has 4 bridgehead atoms. The molecule has 3 nitrogen and oxygen atoms in total. The summed E-state index contributed by atoms with van der Waals surface area (Å²) in [6, 6.07) is 1.15. The Kier molecular flexibility index (Phi) is 4.67. The van der Waals surface area contributed by atoms with Crippen LogP contribution in [0.5, 0.6) is 0 Å². The highest BCUT2D eigenvalue weighted by Crippen LogP contribution is 2.53. The highest BCUT2D eigenvalue weighted by Gasteiger charge is 2.48. The van der Waals surface area contributed by atoms with Crippen LogP contribution in [0.4, 0.5) is 0 Å². The van der Waals surface area contributed by atoms with E-state index >= 15 is 0 Å². The molecule has 5 aliphatic carbocycles. The molecule has 1 N–H and O–H groups in total. The second kappa shape index (κ2) is 6.74. The van der Waals surface area contributed by atoms with Crippen LogP contribution in [-0.2, 0) is 4.79 Å². The lowest BCUT2D eigenvalue weighted by Crippen LogP contribution is -2.57. The maximum Gasteiger partial charge on any atom is 0.234 e. The van der Waals surface area contributed by atoms with Gasteiger partial charge in [-0.15, -0.1) is 0 Å². The molecule has 1 amide bonds. The normalized spacial score (nSPS) is 39.8. The first kappa shape index (κ1) is 15.9. The second-order valence-electron chi connectivity index (χ2n) is 8.88. The Morgan fingerprint density at radius 2 is 1.57 bits per heavy atom. The van der Waals surface area contributed by atoms with Gasteiger partial charge in [0.15, 0.2) is 0 Å². The van der Waals surface area contributed by atoms with E-state index in [1.807, 2.05) is 0 Å². The first-order valence-electron chi connectivity index (χ1n) is 10.3. The lowest BCUT2D eigenvalue weighted by Gasteiger charge is -2.54. The zero-order valence-electron chi connectivity index (χ0n) is 14.8. The van der Waals surface area contributed by atoms with Gasteiger partial charge in [-0.25, -0.2) is 0 Å². The van der Waals surface area contributed by atoms with Gasteiger partial charge in [0.25, 0.3) is 0 Å². The molecule has 130 valence electrons. The monoisotopic (exact) mass is 318 g/mol. The van der Waals surface area contributed by atoms with Crippen LogP contribution in [0.3, 0.4) is 0 Å². The molecule has 0 radical (unpaired) electrons. The summed E-state index contributed by atoms with van der Waals surface area (Å²) in [5, 5.41) is 3.49. The topological polar surface area (TPSA) is 32.3 Å². The molecule has 3 heteroatoms. The van der Waals surface area contributed by atoms with E-state index < -0.39 is 0 Å². The minimum absolute atomic E-state index is 0.301. The van der Waals surface area contributed by atoms with Gasteiger partial charge in [-0.3, -0.25) is 9.69 Å². The summed E-state index contributed by atoms with van der Waals surface area (Å²) in [5.41, 5.74) is 0. The Hall–Kier alpha value is -0.570. The average molecular weight is 319 g/mol. The summed E-state index contributed by atoms with van der Waals surface area (Å²) in [6.45, 7) is 3.86. The van der Waals surface area contributed by atoms with Crippen molar-refractivity contribution in [1.29, 1.82) is 0 Å². The van der Waals surface area contributed by atoms with Crippen molar-refractivity contribution in [3.8, 4) is 0 Å². The van der Waals surface area contributed by atoms with Crippen molar-refractivity contribution >= 4 is 5.91 Å². The van der Waals surface area contributed by atoms with E-state index in [4.69, 9.17) is 0 Å². The Labute approximate surface area is 141 Å². The van der Waals surface area contributed by atoms with Gasteiger partial charge in [-0.1, -0.05) is 26.2 Å². The third-order valence-corrected chi connectivity index (χ3v) is 7.40. The highest BCUT2D eigenvalue weighted by molar-refractivity contribution is 5.78. The van der Waals surface area contributed by atoms with Crippen molar-refractivity contribution in [2.75, 3.05) is 13.1 Å². The van der Waals surface area contributed by atoms with Crippen LogP contribution in [0.25, 0.3) is 0 Å². The van der Waals surface area contributed by atoms with Crippen molar-refractivity contribution in [1.82, 2.24) is 10.2 Å².